The van der Waals surface area contributed by atoms with E-state index >= 15 is 0 Å². The van der Waals surface area contributed by atoms with Gasteiger partial charge in [-0.1, -0.05) is 36.4 Å². The van der Waals surface area contributed by atoms with E-state index in [4.69, 9.17) is 4.74 Å². The van der Waals surface area contributed by atoms with Gasteiger partial charge in [-0.05, 0) is 24.0 Å². The highest BCUT2D eigenvalue weighted by Crippen LogP contribution is 2.56. The summed E-state index contributed by atoms with van der Waals surface area (Å²) in [5, 5.41) is 0. The highest BCUT2D eigenvalue weighted by molar-refractivity contribution is 7.98. The second-order valence-corrected chi connectivity index (χ2v) is 6.09. The maximum Gasteiger partial charge on any atom is 0.224 e. The third-order valence-electron chi connectivity index (χ3n) is 4.13. The minimum Gasteiger partial charge on any atom is -0.344 e. The van der Waals surface area contributed by atoms with Crippen LogP contribution in [0.15, 0.2) is 53.4 Å². The summed E-state index contributed by atoms with van der Waals surface area (Å²) in [7, 11) is 0. The third kappa shape index (κ3) is 1.60. The van der Waals surface area contributed by atoms with E-state index in [-0.39, 0.29) is 11.6 Å². The molecule has 0 bridgehead atoms. The van der Waals surface area contributed by atoms with Gasteiger partial charge >= 0.3 is 0 Å². The summed E-state index contributed by atoms with van der Waals surface area (Å²) in [5.41, 5.74) is 0.531. The van der Waals surface area contributed by atoms with E-state index in [0.717, 1.165) is 10.5 Å². The normalized spacial score (nSPS) is 21.7. The molecule has 2 aromatic carbocycles. The molecule has 104 valence electrons. The summed E-state index contributed by atoms with van der Waals surface area (Å²) in [6.07, 6.45) is 1.55. The zero-order chi connectivity index (χ0) is 14.6. The first-order chi connectivity index (χ1) is 10.2. The number of hydrogen-bond acceptors (Lipinski definition) is 4. The van der Waals surface area contributed by atoms with E-state index in [0.29, 0.717) is 11.1 Å². The van der Waals surface area contributed by atoms with Gasteiger partial charge in [0.1, 0.15) is 6.10 Å². The van der Waals surface area contributed by atoms with Gasteiger partial charge in [-0.15, -0.1) is 11.8 Å². The van der Waals surface area contributed by atoms with Crippen molar-refractivity contribution < 1.29 is 14.3 Å². The predicted octanol–water partition coefficient (Wildman–Crippen LogP) is 3.30. The molecule has 4 heteroatoms. The van der Waals surface area contributed by atoms with Gasteiger partial charge in [0.2, 0.25) is 17.2 Å². The zero-order valence-corrected chi connectivity index (χ0v) is 12.1. The average molecular weight is 296 g/mol. The number of fused-ring (bicyclic) bond motifs is 1. The van der Waals surface area contributed by atoms with E-state index < -0.39 is 11.7 Å². The molecule has 1 aliphatic carbocycles. The molecule has 1 spiro atoms. The monoisotopic (exact) mass is 296 g/mol. The minimum absolute atomic E-state index is 0.206. The van der Waals surface area contributed by atoms with E-state index in [1.54, 1.807) is 36.0 Å². The number of carbonyl (C=O) groups excluding carboxylic acids is 2. The van der Waals surface area contributed by atoms with E-state index in [9.17, 15) is 9.59 Å². The predicted molar refractivity (Wildman–Crippen MR) is 79.9 cm³/mol. The van der Waals surface area contributed by atoms with Crippen LogP contribution in [-0.2, 0) is 4.74 Å². The fraction of sp³-hybridized carbons (Fsp3) is 0.176. The molecule has 4 rings (SSSR count). The first-order valence-electron chi connectivity index (χ1n) is 6.69. The van der Waals surface area contributed by atoms with Crippen molar-refractivity contribution in [2.45, 2.75) is 16.6 Å². The lowest BCUT2D eigenvalue weighted by atomic mass is 9.95. The van der Waals surface area contributed by atoms with Crippen LogP contribution < -0.4 is 0 Å². The van der Waals surface area contributed by atoms with Gasteiger partial charge in [0.15, 0.2) is 0 Å². The van der Waals surface area contributed by atoms with Crippen molar-refractivity contribution >= 4 is 23.3 Å². The molecule has 1 atom stereocenters. The van der Waals surface area contributed by atoms with Crippen LogP contribution in [0, 0.1) is 0 Å². The number of benzene rings is 2. The molecule has 3 nitrogen and oxygen atoms in total. The van der Waals surface area contributed by atoms with Crippen molar-refractivity contribution in [3.63, 3.8) is 0 Å². The van der Waals surface area contributed by atoms with Crippen molar-refractivity contribution in [3.05, 3.63) is 65.2 Å². The molecule has 1 heterocycles. The SMILES string of the molecule is CSc1ccc(C2OC23C(=O)c2ccccc2C3=O)cc1. The maximum absolute atomic E-state index is 12.5. The number of epoxide rings is 1. The van der Waals surface area contributed by atoms with E-state index in [1.807, 2.05) is 30.5 Å². The minimum atomic E-state index is -1.30. The molecule has 2 aliphatic rings. The highest BCUT2D eigenvalue weighted by Gasteiger charge is 2.71. The highest BCUT2D eigenvalue weighted by atomic mass is 32.2. The zero-order valence-electron chi connectivity index (χ0n) is 11.3. The lowest BCUT2D eigenvalue weighted by Crippen LogP contribution is -2.27. The smallest absolute Gasteiger partial charge is 0.224 e. The number of ether oxygens (including phenoxy) is 1. The molecule has 1 fully saturated rings. The van der Waals surface area contributed by atoms with Crippen molar-refractivity contribution in [3.8, 4) is 0 Å². The van der Waals surface area contributed by atoms with Crippen molar-refractivity contribution in [1.82, 2.24) is 0 Å². The Bertz CT molecular complexity index is 729. The maximum atomic E-state index is 12.5. The van der Waals surface area contributed by atoms with Crippen LogP contribution in [0.3, 0.4) is 0 Å². The number of Topliss-reactive ketones (excluding diaryl/α,β-unsaturated/α-hetero) is 2. The fourth-order valence-electron chi connectivity index (χ4n) is 2.96. The summed E-state index contributed by atoms with van der Waals surface area (Å²) in [6, 6.07) is 14.7. The summed E-state index contributed by atoms with van der Waals surface area (Å²) < 4.78 is 5.63. The quantitative estimate of drug-likeness (QED) is 0.484. The van der Waals surface area contributed by atoms with Gasteiger partial charge in [-0.3, -0.25) is 9.59 Å². The summed E-state index contributed by atoms with van der Waals surface area (Å²) >= 11 is 1.65. The summed E-state index contributed by atoms with van der Waals surface area (Å²) in [5.74, 6) is -0.413. The number of carbonyl (C=O) groups is 2. The number of ketones is 2. The second kappa shape index (κ2) is 4.29. The van der Waals surface area contributed by atoms with Gasteiger partial charge in [-0.2, -0.15) is 0 Å². The van der Waals surface area contributed by atoms with Gasteiger partial charge in [0.05, 0.1) is 0 Å². The first-order valence-corrected chi connectivity index (χ1v) is 7.91. The van der Waals surface area contributed by atoms with Crippen molar-refractivity contribution in [2.24, 2.45) is 0 Å². The van der Waals surface area contributed by atoms with Gasteiger partial charge < -0.3 is 4.74 Å². The topological polar surface area (TPSA) is 46.7 Å². The van der Waals surface area contributed by atoms with Crippen LogP contribution in [0.25, 0.3) is 0 Å². The van der Waals surface area contributed by atoms with Crippen LogP contribution in [-0.4, -0.2) is 23.4 Å². The van der Waals surface area contributed by atoms with Crippen LogP contribution in [0.5, 0.6) is 0 Å². The molecule has 0 saturated carbocycles. The van der Waals surface area contributed by atoms with Crippen LogP contribution in [0.2, 0.25) is 0 Å². The second-order valence-electron chi connectivity index (χ2n) is 5.21. The molecule has 21 heavy (non-hydrogen) atoms. The Labute approximate surface area is 126 Å². The van der Waals surface area contributed by atoms with E-state index in [1.165, 1.54) is 0 Å². The lowest BCUT2D eigenvalue weighted by Gasteiger charge is -2.02. The molecular formula is C17H12O3S. The number of thioether (sulfide) groups is 1. The summed E-state index contributed by atoms with van der Waals surface area (Å²) in [4.78, 5) is 26.2. The van der Waals surface area contributed by atoms with Crippen LogP contribution in [0.4, 0.5) is 0 Å². The van der Waals surface area contributed by atoms with Gasteiger partial charge in [0.25, 0.3) is 0 Å². The first kappa shape index (κ1) is 12.8. The fourth-order valence-corrected chi connectivity index (χ4v) is 3.37. The molecule has 0 N–H and O–H groups in total. The van der Waals surface area contributed by atoms with Gasteiger partial charge in [-0.25, -0.2) is 0 Å². The van der Waals surface area contributed by atoms with E-state index in [2.05, 4.69) is 0 Å². The van der Waals surface area contributed by atoms with Crippen molar-refractivity contribution in [1.29, 1.82) is 0 Å². The van der Waals surface area contributed by atoms with Crippen molar-refractivity contribution in [2.75, 3.05) is 6.26 Å². The lowest BCUT2D eigenvalue weighted by molar-refractivity contribution is 0.0785. The molecule has 0 radical (unpaired) electrons. The van der Waals surface area contributed by atoms with Crippen LogP contribution >= 0.6 is 11.8 Å². The largest absolute Gasteiger partial charge is 0.344 e. The Kier molecular flexibility index (Phi) is 2.62. The van der Waals surface area contributed by atoms with Gasteiger partial charge in [0, 0.05) is 16.0 Å². The molecule has 2 aromatic rings. The molecule has 1 aliphatic heterocycles. The number of rotatable bonds is 2. The standard InChI is InChI=1S/C17H12O3S/c1-21-11-8-6-10(7-9-11)16-17(20-16)14(18)12-4-2-3-5-13(12)15(17)19/h2-9,16H,1H3. The third-order valence-corrected chi connectivity index (χ3v) is 4.87. The molecule has 0 amide bonds. The van der Waals surface area contributed by atoms with Crippen LogP contribution in [0.1, 0.15) is 32.4 Å². The Balaban J connectivity index is 1.72. The molecule has 0 aromatic heterocycles. The Morgan fingerprint density at radius 2 is 1.52 bits per heavy atom. The number of hydrogen-bond donors (Lipinski definition) is 0. The summed E-state index contributed by atoms with van der Waals surface area (Å²) in [6.45, 7) is 0. The molecular weight excluding hydrogens is 284 g/mol. The average Bonchev–Trinajstić information content (AvgIpc) is 3.26. The molecule has 1 unspecified atom stereocenters. The Morgan fingerprint density at radius 3 is 2.05 bits per heavy atom. The Hall–Kier alpha value is -1.91. The molecule has 1 saturated heterocycles. The Morgan fingerprint density at radius 1 is 0.952 bits per heavy atom.